The molecule has 0 bridgehead atoms. The van der Waals surface area contributed by atoms with E-state index in [2.05, 4.69) is 9.97 Å². The number of benzene rings is 1. The van der Waals surface area contributed by atoms with Crippen LogP contribution in [0.5, 0.6) is 5.75 Å². The molecule has 11 heteroatoms. The molecule has 1 fully saturated rings. The number of thiazole rings is 1. The number of carbonyl (C=O) groups excluding carboxylic acids is 1. The van der Waals surface area contributed by atoms with Crippen LogP contribution < -0.4 is 4.74 Å². The number of aromatic nitrogens is 2. The lowest BCUT2D eigenvalue weighted by Crippen LogP contribution is -2.51. The van der Waals surface area contributed by atoms with Gasteiger partial charge in [-0.3, -0.25) is 9.78 Å². The Morgan fingerprint density at radius 3 is 2.59 bits per heavy atom. The maximum Gasteiger partial charge on any atom is 0.265 e. The van der Waals surface area contributed by atoms with Gasteiger partial charge in [0.2, 0.25) is 10.0 Å². The number of amides is 1. The second kappa shape index (κ2) is 9.10. The Kier molecular flexibility index (Phi) is 6.15. The van der Waals surface area contributed by atoms with Crippen LogP contribution in [0.3, 0.4) is 0 Å². The monoisotopic (exact) mass is 516 g/mol. The summed E-state index contributed by atoms with van der Waals surface area (Å²) in [5.74, 6) is 0.436. The van der Waals surface area contributed by atoms with Crippen LogP contribution in [0.25, 0.3) is 16.6 Å². The molecule has 0 radical (unpaired) electrons. The number of aryl methyl sites for hydroxylation is 1. The van der Waals surface area contributed by atoms with Crippen molar-refractivity contribution in [3.63, 3.8) is 0 Å². The van der Waals surface area contributed by atoms with E-state index in [1.54, 1.807) is 41.6 Å². The predicted octanol–water partition coefficient (Wildman–Crippen LogP) is 3.69. The lowest BCUT2D eigenvalue weighted by atomic mass is 10.1. The molecule has 2 aromatic heterocycles. The lowest BCUT2D eigenvalue weighted by Gasteiger charge is -2.34. The van der Waals surface area contributed by atoms with Gasteiger partial charge in [-0.1, -0.05) is 11.6 Å². The summed E-state index contributed by atoms with van der Waals surface area (Å²) in [4.78, 5) is 24.2. The van der Waals surface area contributed by atoms with Crippen molar-refractivity contribution in [2.24, 2.45) is 0 Å². The molecule has 1 aromatic carbocycles. The Morgan fingerprint density at radius 2 is 1.85 bits per heavy atom. The van der Waals surface area contributed by atoms with Crippen LogP contribution in [0.15, 0.2) is 47.6 Å². The molecule has 176 valence electrons. The second-order valence-corrected chi connectivity index (χ2v) is 11.4. The van der Waals surface area contributed by atoms with E-state index >= 15 is 0 Å². The SMILES string of the molecule is Cc1nc(-c2ccncc2)sc1C(=O)N1CCN(S(=O)(=O)C2=Cc3ccc(Cl)cc3OC2)CC1. The first-order valence-corrected chi connectivity index (χ1v) is 13.3. The minimum Gasteiger partial charge on any atom is -0.487 e. The molecule has 0 spiro atoms. The molecule has 1 saturated heterocycles. The van der Waals surface area contributed by atoms with Crippen LogP contribution in [0.4, 0.5) is 0 Å². The van der Waals surface area contributed by atoms with Crippen molar-refractivity contribution in [3.05, 3.63) is 68.8 Å². The van der Waals surface area contributed by atoms with Crippen molar-refractivity contribution in [1.82, 2.24) is 19.2 Å². The Morgan fingerprint density at radius 1 is 1.12 bits per heavy atom. The van der Waals surface area contributed by atoms with Gasteiger partial charge in [0.15, 0.2) is 0 Å². The van der Waals surface area contributed by atoms with E-state index in [1.165, 1.54) is 15.6 Å². The lowest BCUT2D eigenvalue weighted by molar-refractivity contribution is 0.0702. The Hall–Kier alpha value is -2.79. The van der Waals surface area contributed by atoms with Gasteiger partial charge in [-0.05, 0) is 43.3 Å². The fourth-order valence-corrected chi connectivity index (χ4v) is 6.58. The number of halogens is 1. The quantitative estimate of drug-likeness (QED) is 0.525. The Labute approximate surface area is 206 Å². The number of rotatable bonds is 4. The van der Waals surface area contributed by atoms with Crippen molar-refractivity contribution in [1.29, 1.82) is 0 Å². The van der Waals surface area contributed by atoms with E-state index in [-0.39, 0.29) is 30.5 Å². The topological polar surface area (TPSA) is 92.7 Å². The van der Waals surface area contributed by atoms with Crippen molar-refractivity contribution >= 4 is 44.9 Å². The van der Waals surface area contributed by atoms with Gasteiger partial charge in [-0.15, -0.1) is 11.3 Å². The van der Waals surface area contributed by atoms with E-state index in [1.807, 2.05) is 19.1 Å². The molecule has 4 heterocycles. The van der Waals surface area contributed by atoms with Gasteiger partial charge in [0.25, 0.3) is 5.91 Å². The predicted molar refractivity (Wildman–Crippen MR) is 131 cm³/mol. The third-order valence-electron chi connectivity index (χ3n) is 5.78. The van der Waals surface area contributed by atoms with E-state index in [9.17, 15) is 13.2 Å². The average Bonchev–Trinajstić information content (AvgIpc) is 3.25. The summed E-state index contributed by atoms with van der Waals surface area (Å²) in [6.07, 6.45) is 5.00. The van der Waals surface area contributed by atoms with Crippen LogP contribution >= 0.6 is 22.9 Å². The number of fused-ring (bicyclic) bond motifs is 1. The number of nitrogens with zero attached hydrogens (tertiary/aromatic N) is 4. The fraction of sp³-hybridized carbons (Fsp3) is 0.261. The molecule has 0 saturated carbocycles. The van der Waals surface area contributed by atoms with Crippen LogP contribution in [0.1, 0.15) is 20.9 Å². The second-order valence-electron chi connectivity index (χ2n) is 7.95. The Bertz CT molecular complexity index is 1380. The number of hydrogen-bond donors (Lipinski definition) is 0. The van der Waals surface area contributed by atoms with Crippen molar-refractivity contribution < 1.29 is 17.9 Å². The molecule has 0 aliphatic carbocycles. The first-order chi connectivity index (χ1) is 16.3. The number of ether oxygens (including phenoxy) is 1. The number of carbonyl (C=O) groups is 1. The molecular weight excluding hydrogens is 496 g/mol. The highest BCUT2D eigenvalue weighted by Gasteiger charge is 2.34. The zero-order valence-corrected chi connectivity index (χ0v) is 20.7. The fourth-order valence-electron chi connectivity index (χ4n) is 3.92. The summed E-state index contributed by atoms with van der Waals surface area (Å²) in [6.45, 7) is 2.81. The molecular formula is C23H21ClN4O4S2. The molecule has 0 unspecified atom stereocenters. The average molecular weight is 517 g/mol. The number of piperazine rings is 1. The van der Waals surface area contributed by atoms with Crippen molar-refractivity contribution in [2.45, 2.75) is 6.92 Å². The molecule has 5 rings (SSSR count). The third kappa shape index (κ3) is 4.34. The van der Waals surface area contributed by atoms with E-state index in [4.69, 9.17) is 16.3 Å². The van der Waals surface area contributed by atoms with Gasteiger partial charge in [-0.2, -0.15) is 4.31 Å². The maximum atomic E-state index is 13.2. The smallest absolute Gasteiger partial charge is 0.265 e. The summed E-state index contributed by atoms with van der Waals surface area (Å²) < 4.78 is 33.5. The highest BCUT2D eigenvalue weighted by Crippen LogP contribution is 2.32. The molecule has 3 aromatic rings. The summed E-state index contributed by atoms with van der Waals surface area (Å²) in [5.41, 5.74) is 2.25. The molecule has 34 heavy (non-hydrogen) atoms. The third-order valence-corrected chi connectivity index (χ3v) is 9.15. The van der Waals surface area contributed by atoms with Gasteiger partial charge in [0.05, 0.1) is 10.6 Å². The maximum absolute atomic E-state index is 13.2. The highest BCUT2D eigenvalue weighted by molar-refractivity contribution is 7.93. The largest absolute Gasteiger partial charge is 0.487 e. The van der Waals surface area contributed by atoms with E-state index in [0.717, 1.165) is 10.6 Å². The summed E-state index contributed by atoms with van der Waals surface area (Å²) in [7, 11) is -3.71. The van der Waals surface area contributed by atoms with Crippen molar-refractivity contribution in [3.8, 4) is 16.3 Å². The Balaban J connectivity index is 1.28. The zero-order chi connectivity index (χ0) is 23.9. The number of pyridine rings is 1. The summed E-state index contributed by atoms with van der Waals surface area (Å²) in [5, 5.41) is 1.29. The first-order valence-electron chi connectivity index (χ1n) is 10.6. The molecule has 8 nitrogen and oxygen atoms in total. The van der Waals surface area contributed by atoms with Crippen LogP contribution in [-0.2, 0) is 10.0 Å². The van der Waals surface area contributed by atoms with Crippen LogP contribution in [0, 0.1) is 6.92 Å². The van der Waals surface area contributed by atoms with Gasteiger partial charge in [0.1, 0.15) is 22.2 Å². The standard InChI is InChI=1S/C23H21ClN4O4S2/c1-15-21(33-22(26-15)16-4-6-25-7-5-16)23(29)27-8-10-28(11-9-27)34(30,31)19-12-17-2-3-18(24)13-20(17)32-14-19/h2-7,12-13H,8-11,14H2,1H3. The van der Waals surface area contributed by atoms with Gasteiger partial charge < -0.3 is 9.64 Å². The van der Waals surface area contributed by atoms with E-state index < -0.39 is 10.0 Å². The molecule has 2 aliphatic rings. The van der Waals surface area contributed by atoms with Crippen LogP contribution in [-0.4, -0.2) is 66.3 Å². The number of hydrogen-bond acceptors (Lipinski definition) is 7. The summed E-state index contributed by atoms with van der Waals surface area (Å²) >= 11 is 7.33. The van der Waals surface area contributed by atoms with Crippen molar-refractivity contribution in [2.75, 3.05) is 32.8 Å². The van der Waals surface area contributed by atoms with E-state index in [0.29, 0.717) is 40.0 Å². The summed E-state index contributed by atoms with van der Waals surface area (Å²) in [6, 6.07) is 8.81. The van der Waals surface area contributed by atoms with Crippen LogP contribution in [0.2, 0.25) is 5.02 Å². The minimum atomic E-state index is -3.71. The minimum absolute atomic E-state index is 0.0489. The number of sulfonamides is 1. The molecule has 0 N–H and O–H groups in total. The van der Waals surface area contributed by atoms with Gasteiger partial charge >= 0.3 is 0 Å². The molecule has 2 aliphatic heterocycles. The van der Waals surface area contributed by atoms with Gasteiger partial charge in [-0.25, -0.2) is 13.4 Å². The first kappa shape index (κ1) is 23.0. The molecule has 0 atom stereocenters. The normalized spacial score (nSPS) is 16.5. The highest BCUT2D eigenvalue weighted by atomic mass is 35.5. The molecule has 1 amide bonds. The zero-order valence-electron chi connectivity index (χ0n) is 18.3. The van der Waals surface area contributed by atoms with Gasteiger partial charge in [0, 0.05) is 54.7 Å².